The van der Waals surface area contributed by atoms with Crippen LogP contribution in [0.2, 0.25) is 0 Å². The molecule has 0 nitrogen and oxygen atoms in total. The van der Waals surface area contributed by atoms with Gasteiger partial charge in [-0.1, -0.05) is 39.3 Å². The summed E-state index contributed by atoms with van der Waals surface area (Å²) in [7, 11) is 0. The Morgan fingerprint density at radius 1 is 1.42 bits per heavy atom. The van der Waals surface area contributed by atoms with E-state index in [0.29, 0.717) is 5.41 Å². The van der Waals surface area contributed by atoms with Crippen LogP contribution in [0.4, 0.5) is 0 Å². The monoisotopic (exact) mass is 164 g/mol. The Hall–Kier alpha value is -0.260. The van der Waals surface area contributed by atoms with Crippen LogP contribution in [0.1, 0.15) is 40.5 Å². The maximum Gasteiger partial charge on any atom is -0.0174 e. The fraction of sp³-hybridized carbons (Fsp3) is 0.833. The highest BCUT2D eigenvalue weighted by Crippen LogP contribution is 2.58. The molecule has 0 N–H and O–H groups in total. The van der Waals surface area contributed by atoms with E-state index >= 15 is 0 Å². The second-order valence-corrected chi connectivity index (χ2v) is 5.46. The molecule has 0 aliphatic heterocycles. The Bertz CT molecular complexity index is 220. The van der Waals surface area contributed by atoms with E-state index in [-0.39, 0.29) is 0 Å². The predicted molar refractivity (Wildman–Crippen MR) is 52.9 cm³/mol. The van der Waals surface area contributed by atoms with Crippen LogP contribution in [0.5, 0.6) is 0 Å². The van der Waals surface area contributed by atoms with Gasteiger partial charge in [0.05, 0.1) is 0 Å². The lowest BCUT2D eigenvalue weighted by atomic mass is 9.49. The summed E-state index contributed by atoms with van der Waals surface area (Å²) in [6.45, 7) is 9.51. The minimum atomic E-state index is 0.623. The molecule has 0 radical (unpaired) electrons. The zero-order chi connectivity index (χ0) is 8.93. The average molecular weight is 164 g/mol. The minimum absolute atomic E-state index is 0.623. The maximum absolute atomic E-state index is 2.56. The van der Waals surface area contributed by atoms with E-state index in [9.17, 15) is 0 Å². The van der Waals surface area contributed by atoms with E-state index in [4.69, 9.17) is 0 Å². The van der Waals surface area contributed by atoms with Crippen LogP contribution in [0.25, 0.3) is 0 Å². The van der Waals surface area contributed by atoms with Crippen LogP contribution < -0.4 is 0 Å². The molecular formula is C12H20. The highest BCUT2D eigenvalue weighted by Gasteiger charge is 2.49. The standard InChI is InChI=1S/C12H20/c1-8(2)9-5-10-7-11(6-9)12(10,3)4/h5,8,10-11H,6-7H2,1-4H3. The Kier molecular flexibility index (Phi) is 1.65. The number of hydrogen-bond acceptors (Lipinski definition) is 0. The van der Waals surface area contributed by atoms with E-state index < -0.39 is 0 Å². The Balaban J connectivity index is 2.18. The van der Waals surface area contributed by atoms with Crippen molar-refractivity contribution in [2.24, 2.45) is 23.2 Å². The molecule has 0 saturated heterocycles. The van der Waals surface area contributed by atoms with E-state index in [0.717, 1.165) is 17.8 Å². The van der Waals surface area contributed by atoms with Gasteiger partial charge in [0.25, 0.3) is 0 Å². The first kappa shape index (κ1) is 8.34. The van der Waals surface area contributed by atoms with Gasteiger partial charge in [-0.3, -0.25) is 0 Å². The third kappa shape index (κ3) is 0.967. The van der Waals surface area contributed by atoms with E-state index in [1.54, 1.807) is 5.57 Å². The lowest BCUT2D eigenvalue weighted by molar-refractivity contribution is -0.00317. The van der Waals surface area contributed by atoms with Gasteiger partial charge in [-0.05, 0) is 36.0 Å². The molecule has 12 heavy (non-hydrogen) atoms. The summed E-state index contributed by atoms with van der Waals surface area (Å²) in [5, 5.41) is 0. The second kappa shape index (κ2) is 2.37. The third-order valence-corrected chi connectivity index (χ3v) is 4.19. The van der Waals surface area contributed by atoms with Crippen LogP contribution >= 0.6 is 0 Å². The molecule has 3 aliphatic rings. The van der Waals surface area contributed by atoms with Crippen LogP contribution in [0.15, 0.2) is 11.6 Å². The van der Waals surface area contributed by atoms with Crippen LogP contribution in [-0.4, -0.2) is 0 Å². The first-order chi connectivity index (χ1) is 5.51. The molecule has 1 fully saturated rings. The first-order valence-electron chi connectivity index (χ1n) is 5.22. The zero-order valence-electron chi connectivity index (χ0n) is 8.72. The number of rotatable bonds is 1. The SMILES string of the molecule is CC(C)C1=CC2CC(C1)C2(C)C. The Morgan fingerprint density at radius 3 is 2.42 bits per heavy atom. The van der Waals surface area contributed by atoms with Gasteiger partial charge in [-0.15, -0.1) is 0 Å². The van der Waals surface area contributed by atoms with Gasteiger partial charge in [-0.25, -0.2) is 0 Å². The molecule has 0 heterocycles. The predicted octanol–water partition coefficient (Wildman–Crippen LogP) is 3.63. The molecular weight excluding hydrogens is 144 g/mol. The van der Waals surface area contributed by atoms with Gasteiger partial charge in [0.2, 0.25) is 0 Å². The van der Waals surface area contributed by atoms with E-state index in [1.807, 2.05) is 0 Å². The van der Waals surface area contributed by atoms with Crippen LogP contribution in [0, 0.1) is 23.2 Å². The molecule has 3 rings (SSSR count). The highest BCUT2D eigenvalue weighted by atomic mass is 14.5. The lowest BCUT2D eigenvalue weighted by Crippen LogP contribution is -2.47. The summed E-state index contributed by atoms with van der Waals surface area (Å²) in [6, 6.07) is 0. The topological polar surface area (TPSA) is 0 Å². The van der Waals surface area contributed by atoms with Crippen molar-refractivity contribution in [2.45, 2.75) is 40.5 Å². The molecule has 2 bridgehead atoms. The van der Waals surface area contributed by atoms with Gasteiger partial charge >= 0.3 is 0 Å². The van der Waals surface area contributed by atoms with Crippen molar-refractivity contribution in [2.75, 3.05) is 0 Å². The molecule has 3 aliphatic carbocycles. The lowest BCUT2D eigenvalue weighted by Gasteiger charge is -2.55. The summed E-state index contributed by atoms with van der Waals surface area (Å²) < 4.78 is 0. The Morgan fingerprint density at radius 2 is 2.08 bits per heavy atom. The van der Waals surface area contributed by atoms with Crippen molar-refractivity contribution in [1.82, 2.24) is 0 Å². The van der Waals surface area contributed by atoms with E-state index in [1.165, 1.54) is 12.8 Å². The van der Waals surface area contributed by atoms with Crippen molar-refractivity contribution in [3.8, 4) is 0 Å². The summed E-state index contributed by atoms with van der Waals surface area (Å²) in [5.74, 6) is 2.67. The minimum Gasteiger partial charge on any atom is -0.0814 e. The number of fused-ring (bicyclic) bond motifs is 1. The fourth-order valence-corrected chi connectivity index (χ4v) is 2.72. The molecule has 2 unspecified atom stereocenters. The normalized spacial score (nSPS) is 37.6. The smallest absolute Gasteiger partial charge is 0.0174 e. The third-order valence-electron chi connectivity index (χ3n) is 4.19. The molecule has 0 heteroatoms. The highest BCUT2D eigenvalue weighted by molar-refractivity contribution is 5.22. The van der Waals surface area contributed by atoms with Gasteiger partial charge in [-0.2, -0.15) is 0 Å². The number of hydrogen-bond donors (Lipinski definition) is 0. The van der Waals surface area contributed by atoms with E-state index in [2.05, 4.69) is 33.8 Å². The Labute approximate surface area is 76.1 Å². The molecule has 1 saturated carbocycles. The van der Waals surface area contributed by atoms with Gasteiger partial charge in [0.1, 0.15) is 0 Å². The van der Waals surface area contributed by atoms with Crippen molar-refractivity contribution >= 4 is 0 Å². The van der Waals surface area contributed by atoms with Crippen molar-refractivity contribution < 1.29 is 0 Å². The molecule has 0 aromatic heterocycles. The van der Waals surface area contributed by atoms with Crippen molar-refractivity contribution in [3.63, 3.8) is 0 Å². The molecule has 2 atom stereocenters. The largest absolute Gasteiger partial charge is 0.0814 e. The summed E-state index contributed by atoms with van der Waals surface area (Å²) in [4.78, 5) is 0. The van der Waals surface area contributed by atoms with Crippen molar-refractivity contribution in [1.29, 1.82) is 0 Å². The molecule has 0 aromatic carbocycles. The summed E-state index contributed by atoms with van der Waals surface area (Å²) in [5.41, 5.74) is 2.34. The maximum atomic E-state index is 2.56. The second-order valence-electron chi connectivity index (χ2n) is 5.46. The number of allylic oxidation sites excluding steroid dienone is 2. The fourth-order valence-electron chi connectivity index (χ4n) is 2.72. The molecule has 0 aromatic rings. The molecule has 0 spiro atoms. The van der Waals surface area contributed by atoms with Gasteiger partial charge < -0.3 is 0 Å². The summed E-state index contributed by atoms with van der Waals surface area (Å²) >= 11 is 0. The molecule has 68 valence electrons. The van der Waals surface area contributed by atoms with Crippen molar-refractivity contribution in [3.05, 3.63) is 11.6 Å². The van der Waals surface area contributed by atoms with Gasteiger partial charge in [0.15, 0.2) is 0 Å². The van der Waals surface area contributed by atoms with Crippen LogP contribution in [-0.2, 0) is 0 Å². The zero-order valence-corrected chi connectivity index (χ0v) is 8.72. The first-order valence-corrected chi connectivity index (χ1v) is 5.22. The van der Waals surface area contributed by atoms with Gasteiger partial charge in [0, 0.05) is 0 Å². The quantitative estimate of drug-likeness (QED) is 0.519. The average Bonchev–Trinajstić information content (AvgIpc) is 2.04. The molecule has 0 amide bonds. The summed E-state index contributed by atoms with van der Waals surface area (Å²) in [6.07, 6.45) is 5.40. The van der Waals surface area contributed by atoms with Crippen LogP contribution in [0.3, 0.4) is 0 Å².